The summed E-state index contributed by atoms with van der Waals surface area (Å²) in [5, 5.41) is 5.65. The van der Waals surface area contributed by atoms with E-state index in [1.54, 1.807) is 55.6 Å². The van der Waals surface area contributed by atoms with Gasteiger partial charge < -0.3 is 24.8 Å². The fourth-order valence-corrected chi connectivity index (χ4v) is 3.00. The molecule has 0 heterocycles. The summed E-state index contributed by atoms with van der Waals surface area (Å²) >= 11 is 0. The largest absolute Gasteiger partial charge is 0.497 e. The standard InChI is InChI=1S/C24H24N2O5/c1-29-18-11-9-16(10-12-18)13-23(27)25-19-14-22(31-3)20(15-21(19)30-2)26-24(28)17-7-5-4-6-8-17/h4-12,14-15H,13H2,1-3H3,(H,25,27)(H,26,28). The molecule has 7 nitrogen and oxygen atoms in total. The topological polar surface area (TPSA) is 85.9 Å². The molecule has 7 heteroatoms. The molecule has 160 valence electrons. The Hall–Kier alpha value is -4.00. The number of carbonyl (C=O) groups excluding carboxylic acids is 2. The van der Waals surface area contributed by atoms with E-state index in [1.165, 1.54) is 14.2 Å². The zero-order valence-corrected chi connectivity index (χ0v) is 17.6. The second-order valence-electron chi connectivity index (χ2n) is 6.65. The van der Waals surface area contributed by atoms with Gasteiger partial charge in [0.15, 0.2) is 0 Å². The summed E-state index contributed by atoms with van der Waals surface area (Å²) < 4.78 is 16.0. The smallest absolute Gasteiger partial charge is 0.255 e. The van der Waals surface area contributed by atoms with Crippen molar-refractivity contribution in [3.05, 3.63) is 77.9 Å². The van der Waals surface area contributed by atoms with Crippen LogP contribution in [0.1, 0.15) is 15.9 Å². The van der Waals surface area contributed by atoms with Crippen LogP contribution < -0.4 is 24.8 Å². The number of hydrogen-bond acceptors (Lipinski definition) is 5. The third-order valence-corrected chi connectivity index (χ3v) is 4.60. The average Bonchev–Trinajstić information content (AvgIpc) is 2.80. The molecule has 0 aliphatic carbocycles. The van der Waals surface area contributed by atoms with E-state index in [0.717, 1.165) is 11.3 Å². The number of nitrogens with one attached hydrogen (secondary N) is 2. The number of anilines is 2. The van der Waals surface area contributed by atoms with Crippen molar-refractivity contribution in [3.8, 4) is 17.2 Å². The predicted molar refractivity (Wildman–Crippen MR) is 119 cm³/mol. The Morgan fingerprint density at radius 1 is 0.742 bits per heavy atom. The third kappa shape index (κ3) is 5.54. The van der Waals surface area contributed by atoms with Crippen molar-refractivity contribution >= 4 is 23.2 Å². The van der Waals surface area contributed by atoms with Gasteiger partial charge in [-0.15, -0.1) is 0 Å². The number of benzene rings is 3. The quantitative estimate of drug-likeness (QED) is 0.572. The van der Waals surface area contributed by atoms with Crippen LogP contribution in [0, 0.1) is 0 Å². The Kier molecular flexibility index (Phi) is 7.11. The second kappa shape index (κ2) is 10.2. The summed E-state index contributed by atoms with van der Waals surface area (Å²) in [5.41, 5.74) is 2.23. The summed E-state index contributed by atoms with van der Waals surface area (Å²) in [6.07, 6.45) is 0.182. The van der Waals surface area contributed by atoms with Gasteiger partial charge in [-0.05, 0) is 29.8 Å². The Balaban J connectivity index is 1.77. The van der Waals surface area contributed by atoms with Crippen LogP contribution in [0.15, 0.2) is 66.7 Å². The van der Waals surface area contributed by atoms with Crippen molar-refractivity contribution in [1.82, 2.24) is 0 Å². The number of carbonyl (C=O) groups is 2. The van der Waals surface area contributed by atoms with Gasteiger partial charge in [0.1, 0.15) is 17.2 Å². The molecule has 3 rings (SSSR count). The van der Waals surface area contributed by atoms with Crippen molar-refractivity contribution in [2.24, 2.45) is 0 Å². The summed E-state index contributed by atoms with van der Waals surface area (Å²) in [5.74, 6) is 1.02. The predicted octanol–water partition coefficient (Wildman–Crippen LogP) is 4.15. The molecule has 0 unspecified atom stereocenters. The molecular weight excluding hydrogens is 396 g/mol. The SMILES string of the molecule is COc1ccc(CC(=O)Nc2cc(OC)c(NC(=O)c3ccccc3)cc2OC)cc1. The van der Waals surface area contributed by atoms with Crippen molar-refractivity contribution in [2.75, 3.05) is 32.0 Å². The van der Waals surface area contributed by atoms with E-state index in [2.05, 4.69) is 10.6 Å². The first kappa shape index (κ1) is 21.7. The lowest BCUT2D eigenvalue weighted by molar-refractivity contribution is -0.115. The maximum atomic E-state index is 12.5. The summed E-state index contributed by atoms with van der Waals surface area (Å²) in [7, 11) is 4.57. The highest BCUT2D eigenvalue weighted by Gasteiger charge is 2.16. The van der Waals surface area contributed by atoms with Gasteiger partial charge in [-0.3, -0.25) is 9.59 Å². The number of ether oxygens (including phenoxy) is 3. The monoisotopic (exact) mass is 420 g/mol. The zero-order valence-electron chi connectivity index (χ0n) is 17.6. The molecule has 2 amide bonds. The van der Waals surface area contributed by atoms with Crippen LogP contribution in [0.5, 0.6) is 17.2 Å². The highest BCUT2D eigenvalue weighted by molar-refractivity contribution is 6.05. The number of amides is 2. The Morgan fingerprint density at radius 2 is 1.32 bits per heavy atom. The number of hydrogen-bond donors (Lipinski definition) is 2. The van der Waals surface area contributed by atoms with Gasteiger partial charge in [-0.1, -0.05) is 30.3 Å². The molecular formula is C24H24N2O5. The summed E-state index contributed by atoms with van der Waals surface area (Å²) in [4.78, 5) is 25.1. The van der Waals surface area contributed by atoms with Crippen molar-refractivity contribution < 1.29 is 23.8 Å². The minimum Gasteiger partial charge on any atom is -0.497 e. The summed E-state index contributed by atoms with van der Waals surface area (Å²) in [6, 6.07) is 19.3. The van der Waals surface area contributed by atoms with E-state index in [9.17, 15) is 9.59 Å². The van der Waals surface area contributed by atoms with E-state index in [1.807, 2.05) is 18.2 Å². The normalized spacial score (nSPS) is 10.2. The fourth-order valence-electron chi connectivity index (χ4n) is 3.00. The molecule has 0 aliphatic rings. The lowest BCUT2D eigenvalue weighted by Crippen LogP contribution is -2.16. The van der Waals surface area contributed by atoms with Crippen molar-refractivity contribution in [3.63, 3.8) is 0 Å². The number of methoxy groups -OCH3 is 3. The molecule has 0 bridgehead atoms. The van der Waals surface area contributed by atoms with Crippen LogP contribution in [0.4, 0.5) is 11.4 Å². The molecule has 0 fully saturated rings. The van der Waals surface area contributed by atoms with Crippen LogP contribution in [0.2, 0.25) is 0 Å². The first-order valence-electron chi connectivity index (χ1n) is 9.59. The molecule has 0 aliphatic heterocycles. The van der Waals surface area contributed by atoms with Crippen LogP contribution in [-0.2, 0) is 11.2 Å². The molecule has 2 N–H and O–H groups in total. The Labute approximate surface area is 180 Å². The fraction of sp³-hybridized carbons (Fsp3) is 0.167. The van der Waals surface area contributed by atoms with E-state index < -0.39 is 0 Å². The maximum Gasteiger partial charge on any atom is 0.255 e. The molecule has 0 spiro atoms. The van der Waals surface area contributed by atoms with Crippen LogP contribution in [0.3, 0.4) is 0 Å². The van der Waals surface area contributed by atoms with Crippen LogP contribution in [-0.4, -0.2) is 33.1 Å². The molecule has 0 atom stereocenters. The molecule has 0 saturated heterocycles. The minimum atomic E-state index is -0.280. The van der Waals surface area contributed by atoms with Gasteiger partial charge in [0.05, 0.1) is 39.1 Å². The van der Waals surface area contributed by atoms with Gasteiger partial charge in [0, 0.05) is 17.7 Å². The van der Waals surface area contributed by atoms with Gasteiger partial charge >= 0.3 is 0 Å². The van der Waals surface area contributed by atoms with Crippen molar-refractivity contribution in [1.29, 1.82) is 0 Å². The first-order valence-corrected chi connectivity index (χ1v) is 9.59. The first-order chi connectivity index (χ1) is 15.0. The molecule has 31 heavy (non-hydrogen) atoms. The van der Waals surface area contributed by atoms with Gasteiger partial charge in [0.25, 0.3) is 5.91 Å². The highest BCUT2D eigenvalue weighted by atomic mass is 16.5. The Bertz CT molecular complexity index is 1050. The van der Waals surface area contributed by atoms with Crippen LogP contribution in [0.25, 0.3) is 0 Å². The lowest BCUT2D eigenvalue weighted by atomic mass is 10.1. The van der Waals surface area contributed by atoms with E-state index >= 15 is 0 Å². The summed E-state index contributed by atoms with van der Waals surface area (Å²) in [6.45, 7) is 0. The second-order valence-corrected chi connectivity index (χ2v) is 6.65. The molecule has 0 radical (unpaired) electrons. The maximum absolute atomic E-state index is 12.5. The van der Waals surface area contributed by atoms with Gasteiger partial charge in [-0.2, -0.15) is 0 Å². The van der Waals surface area contributed by atoms with Gasteiger partial charge in [0.2, 0.25) is 5.91 Å². The van der Waals surface area contributed by atoms with E-state index in [4.69, 9.17) is 14.2 Å². The lowest BCUT2D eigenvalue weighted by Gasteiger charge is -2.16. The molecule has 0 aromatic heterocycles. The van der Waals surface area contributed by atoms with E-state index in [0.29, 0.717) is 28.4 Å². The molecule has 3 aromatic carbocycles. The van der Waals surface area contributed by atoms with Gasteiger partial charge in [-0.25, -0.2) is 0 Å². The highest BCUT2D eigenvalue weighted by Crippen LogP contribution is 2.36. The van der Waals surface area contributed by atoms with Crippen molar-refractivity contribution in [2.45, 2.75) is 6.42 Å². The minimum absolute atomic E-state index is 0.182. The molecule has 3 aromatic rings. The zero-order chi connectivity index (χ0) is 22.2. The number of rotatable bonds is 8. The Morgan fingerprint density at radius 3 is 1.87 bits per heavy atom. The molecule has 0 saturated carbocycles. The van der Waals surface area contributed by atoms with E-state index in [-0.39, 0.29) is 18.2 Å². The third-order valence-electron chi connectivity index (χ3n) is 4.60. The van der Waals surface area contributed by atoms with Crippen LogP contribution >= 0.6 is 0 Å². The average molecular weight is 420 g/mol.